The van der Waals surface area contributed by atoms with E-state index in [1.54, 1.807) is 11.8 Å². The minimum atomic E-state index is -0.429. The van der Waals surface area contributed by atoms with Gasteiger partial charge in [0.2, 0.25) is 0 Å². The average molecular weight is 281 g/mol. The molecule has 0 heterocycles. The standard InChI is InChI=1S/C15H23NO2S/c1-11(12-6-8-13(19-5)9-7-12)16-10-14(17)18-15(2,3)4/h6-9,11,16H,10H2,1-5H3. The van der Waals surface area contributed by atoms with Crippen LogP contribution in [0.3, 0.4) is 0 Å². The number of carbonyl (C=O) groups is 1. The fourth-order valence-corrected chi connectivity index (χ4v) is 2.03. The van der Waals surface area contributed by atoms with Crippen molar-refractivity contribution in [3.63, 3.8) is 0 Å². The Hall–Kier alpha value is -1.00. The van der Waals surface area contributed by atoms with Crippen LogP contribution in [0.4, 0.5) is 0 Å². The number of hydrogen-bond donors (Lipinski definition) is 1. The first-order chi connectivity index (χ1) is 8.81. The molecule has 0 spiro atoms. The molecule has 19 heavy (non-hydrogen) atoms. The number of hydrogen-bond acceptors (Lipinski definition) is 4. The van der Waals surface area contributed by atoms with Crippen LogP contribution in [0.1, 0.15) is 39.3 Å². The Labute approximate surface area is 120 Å². The van der Waals surface area contributed by atoms with Crippen LogP contribution in [0.25, 0.3) is 0 Å². The summed E-state index contributed by atoms with van der Waals surface area (Å²) in [6, 6.07) is 8.47. The van der Waals surface area contributed by atoms with Gasteiger partial charge in [0.15, 0.2) is 0 Å². The smallest absolute Gasteiger partial charge is 0.320 e. The predicted octanol–water partition coefficient (Wildman–Crippen LogP) is 3.40. The van der Waals surface area contributed by atoms with Crippen molar-refractivity contribution in [3.8, 4) is 0 Å². The molecule has 0 fully saturated rings. The Balaban J connectivity index is 2.46. The first-order valence-electron chi connectivity index (χ1n) is 6.41. The van der Waals surface area contributed by atoms with E-state index in [9.17, 15) is 4.79 Å². The molecule has 0 amide bonds. The van der Waals surface area contributed by atoms with Gasteiger partial charge < -0.3 is 10.1 Å². The van der Waals surface area contributed by atoms with Crippen molar-refractivity contribution in [1.29, 1.82) is 0 Å². The first kappa shape index (κ1) is 16.1. The number of carbonyl (C=O) groups excluding carboxylic acids is 1. The van der Waals surface area contributed by atoms with Crippen molar-refractivity contribution in [3.05, 3.63) is 29.8 Å². The number of nitrogens with one attached hydrogen (secondary N) is 1. The summed E-state index contributed by atoms with van der Waals surface area (Å²) >= 11 is 1.72. The monoisotopic (exact) mass is 281 g/mol. The quantitative estimate of drug-likeness (QED) is 0.663. The molecular formula is C15H23NO2S. The molecule has 0 radical (unpaired) electrons. The lowest BCUT2D eigenvalue weighted by Crippen LogP contribution is -2.32. The van der Waals surface area contributed by atoms with Crippen LogP contribution in [0.5, 0.6) is 0 Å². The average Bonchev–Trinajstić information content (AvgIpc) is 2.34. The fourth-order valence-electron chi connectivity index (χ4n) is 1.62. The molecule has 1 atom stereocenters. The van der Waals surface area contributed by atoms with E-state index in [0.717, 1.165) is 0 Å². The molecule has 1 N–H and O–H groups in total. The molecule has 3 nitrogen and oxygen atoms in total. The van der Waals surface area contributed by atoms with Gasteiger partial charge in [-0.2, -0.15) is 0 Å². The number of thioether (sulfide) groups is 1. The lowest BCUT2D eigenvalue weighted by Gasteiger charge is -2.21. The molecule has 4 heteroatoms. The van der Waals surface area contributed by atoms with Gasteiger partial charge in [0.25, 0.3) is 0 Å². The number of benzene rings is 1. The number of esters is 1. The zero-order valence-corrected chi connectivity index (χ0v) is 13.1. The van der Waals surface area contributed by atoms with E-state index >= 15 is 0 Å². The van der Waals surface area contributed by atoms with E-state index in [1.807, 2.05) is 27.7 Å². The van der Waals surface area contributed by atoms with Crippen LogP contribution in [0.2, 0.25) is 0 Å². The van der Waals surface area contributed by atoms with Crippen LogP contribution in [0, 0.1) is 0 Å². The SMILES string of the molecule is CSc1ccc(C(C)NCC(=O)OC(C)(C)C)cc1. The third kappa shape index (κ3) is 6.12. The maximum atomic E-state index is 11.6. The molecule has 1 rings (SSSR count). The Morgan fingerprint density at radius 2 is 1.89 bits per heavy atom. The van der Waals surface area contributed by atoms with Crippen molar-refractivity contribution < 1.29 is 9.53 Å². The van der Waals surface area contributed by atoms with Crippen LogP contribution in [-0.4, -0.2) is 24.4 Å². The van der Waals surface area contributed by atoms with Gasteiger partial charge in [-0.15, -0.1) is 11.8 Å². The molecule has 0 aromatic heterocycles. The molecule has 0 saturated heterocycles. The van der Waals surface area contributed by atoms with Gasteiger partial charge in [-0.1, -0.05) is 12.1 Å². The minimum Gasteiger partial charge on any atom is -0.459 e. The zero-order chi connectivity index (χ0) is 14.5. The fraction of sp³-hybridized carbons (Fsp3) is 0.533. The maximum absolute atomic E-state index is 11.6. The highest BCUT2D eigenvalue weighted by Gasteiger charge is 2.16. The molecular weight excluding hydrogens is 258 g/mol. The van der Waals surface area contributed by atoms with Gasteiger partial charge in [0.05, 0.1) is 6.54 Å². The van der Waals surface area contributed by atoms with E-state index in [4.69, 9.17) is 4.74 Å². The minimum absolute atomic E-state index is 0.128. The summed E-state index contributed by atoms with van der Waals surface area (Å²) in [7, 11) is 0. The van der Waals surface area contributed by atoms with Gasteiger partial charge in [0, 0.05) is 10.9 Å². The van der Waals surface area contributed by atoms with Gasteiger partial charge in [-0.25, -0.2) is 0 Å². The lowest BCUT2D eigenvalue weighted by atomic mass is 10.1. The van der Waals surface area contributed by atoms with Gasteiger partial charge in [0.1, 0.15) is 5.60 Å². The second-order valence-electron chi connectivity index (χ2n) is 5.46. The third-order valence-corrected chi connectivity index (χ3v) is 3.33. The van der Waals surface area contributed by atoms with Crippen molar-refractivity contribution >= 4 is 17.7 Å². The van der Waals surface area contributed by atoms with Crippen molar-refractivity contribution in [2.45, 2.75) is 44.2 Å². The Bertz CT molecular complexity index is 409. The Morgan fingerprint density at radius 1 is 1.32 bits per heavy atom. The normalized spacial score (nSPS) is 13.1. The predicted molar refractivity (Wildman–Crippen MR) is 80.5 cm³/mol. The summed E-state index contributed by atoms with van der Waals surface area (Å²) in [5.41, 5.74) is 0.739. The molecule has 106 valence electrons. The Kier molecular flexibility index (Phi) is 5.88. The number of rotatable bonds is 5. The van der Waals surface area contributed by atoms with Gasteiger partial charge >= 0.3 is 5.97 Å². The number of ether oxygens (including phenoxy) is 1. The van der Waals surface area contributed by atoms with Gasteiger partial charge in [-0.3, -0.25) is 4.79 Å². The molecule has 1 unspecified atom stereocenters. The van der Waals surface area contributed by atoms with Crippen LogP contribution >= 0.6 is 11.8 Å². The van der Waals surface area contributed by atoms with E-state index < -0.39 is 5.60 Å². The highest BCUT2D eigenvalue weighted by atomic mass is 32.2. The highest BCUT2D eigenvalue weighted by molar-refractivity contribution is 7.98. The molecule has 0 aliphatic carbocycles. The van der Waals surface area contributed by atoms with Crippen molar-refractivity contribution in [2.75, 3.05) is 12.8 Å². The summed E-state index contributed by atoms with van der Waals surface area (Å²) in [5, 5.41) is 3.18. The van der Waals surface area contributed by atoms with E-state index in [2.05, 4.69) is 35.8 Å². The second kappa shape index (κ2) is 6.96. The van der Waals surface area contributed by atoms with Gasteiger partial charge in [-0.05, 0) is 51.6 Å². The van der Waals surface area contributed by atoms with Crippen molar-refractivity contribution in [2.24, 2.45) is 0 Å². The molecule has 0 aliphatic rings. The Morgan fingerprint density at radius 3 is 2.37 bits per heavy atom. The van der Waals surface area contributed by atoms with Crippen LogP contribution in [0.15, 0.2) is 29.2 Å². The molecule has 1 aromatic carbocycles. The highest BCUT2D eigenvalue weighted by Crippen LogP contribution is 2.18. The summed E-state index contributed by atoms with van der Waals surface area (Å²) in [6.07, 6.45) is 2.05. The summed E-state index contributed by atoms with van der Waals surface area (Å²) < 4.78 is 5.26. The summed E-state index contributed by atoms with van der Waals surface area (Å²) in [4.78, 5) is 12.8. The largest absolute Gasteiger partial charge is 0.459 e. The maximum Gasteiger partial charge on any atom is 0.320 e. The summed E-state index contributed by atoms with van der Waals surface area (Å²) in [5.74, 6) is -0.222. The summed E-state index contributed by atoms with van der Waals surface area (Å²) in [6.45, 7) is 7.88. The zero-order valence-electron chi connectivity index (χ0n) is 12.3. The molecule has 1 aromatic rings. The molecule has 0 saturated carbocycles. The topological polar surface area (TPSA) is 38.3 Å². The van der Waals surface area contributed by atoms with Crippen LogP contribution in [-0.2, 0) is 9.53 Å². The lowest BCUT2D eigenvalue weighted by molar-refractivity contribution is -0.153. The first-order valence-corrected chi connectivity index (χ1v) is 7.63. The molecule has 0 bridgehead atoms. The molecule has 0 aliphatic heterocycles. The third-order valence-electron chi connectivity index (χ3n) is 2.59. The van der Waals surface area contributed by atoms with Crippen molar-refractivity contribution in [1.82, 2.24) is 5.32 Å². The van der Waals surface area contributed by atoms with Crippen LogP contribution < -0.4 is 5.32 Å². The van der Waals surface area contributed by atoms with E-state index in [0.29, 0.717) is 0 Å². The second-order valence-corrected chi connectivity index (χ2v) is 6.34. The van der Waals surface area contributed by atoms with E-state index in [-0.39, 0.29) is 18.6 Å². The van der Waals surface area contributed by atoms with E-state index in [1.165, 1.54) is 10.5 Å².